The third-order valence-corrected chi connectivity index (χ3v) is 1.76. The maximum Gasteiger partial charge on any atom is 0.0971 e. The lowest BCUT2D eigenvalue weighted by molar-refractivity contribution is 0.164. The molecule has 0 bridgehead atoms. The third-order valence-electron chi connectivity index (χ3n) is 1.76. The van der Waals surface area contributed by atoms with Crippen LogP contribution in [0.3, 0.4) is 0 Å². The van der Waals surface area contributed by atoms with Crippen molar-refractivity contribution in [1.82, 2.24) is 4.90 Å². The third kappa shape index (κ3) is 4.66. The quantitative estimate of drug-likeness (QED) is 0.660. The molecule has 0 radical (unpaired) electrons. The van der Waals surface area contributed by atoms with Crippen molar-refractivity contribution < 1.29 is 5.11 Å². The fraction of sp³-hybridized carbons (Fsp3) is 0.700. The highest BCUT2D eigenvalue weighted by Gasteiger charge is 2.13. The van der Waals surface area contributed by atoms with E-state index in [4.69, 9.17) is 5.26 Å². The zero-order chi connectivity index (χ0) is 10.4. The first-order valence-corrected chi connectivity index (χ1v) is 4.42. The van der Waals surface area contributed by atoms with Crippen LogP contribution in [0.5, 0.6) is 0 Å². The van der Waals surface area contributed by atoms with E-state index in [0.717, 1.165) is 0 Å². The number of rotatable bonds is 4. The molecule has 1 unspecified atom stereocenters. The molecule has 0 rings (SSSR count). The lowest BCUT2D eigenvalue weighted by Gasteiger charge is -2.14. The fourth-order valence-electron chi connectivity index (χ4n) is 0.873. The van der Waals surface area contributed by atoms with Crippen molar-refractivity contribution in [3.05, 3.63) is 11.6 Å². The molecule has 0 aliphatic heterocycles. The van der Waals surface area contributed by atoms with Gasteiger partial charge in [0.2, 0.25) is 0 Å². The normalized spacial score (nSPS) is 14.8. The average Bonchev–Trinajstić information content (AvgIpc) is 2.04. The molecule has 0 aromatic carbocycles. The summed E-state index contributed by atoms with van der Waals surface area (Å²) in [5.74, 6) is 0.0908. The lowest BCUT2D eigenvalue weighted by atomic mass is 10.00. The first kappa shape index (κ1) is 12.2. The van der Waals surface area contributed by atoms with E-state index in [1.165, 1.54) is 0 Å². The summed E-state index contributed by atoms with van der Waals surface area (Å²) in [4.78, 5) is 1.95. The molecule has 0 fully saturated rings. The van der Waals surface area contributed by atoms with Crippen LogP contribution in [0.2, 0.25) is 0 Å². The van der Waals surface area contributed by atoms with Crippen LogP contribution in [-0.4, -0.2) is 36.8 Å². The van der Waals surface area contributed by atoms with Gasteiger partial charge in [-0.2, -0.15) is 5.26 Å². The minimum Gasteiger partial charge on any atom is -0.387 e. The molecule has 0 saturated carbocycles. The lowest BCUT2D eigenvalue weighted by Crippen LogP contribution is -2.19. The van der Waals surface area contributed by atoms with Crippen molar-refractivity contribution >= 4 is 0 Å². The van der Waals surface area contributed by atoms with Crippen LogP contribution in [0.15, 0.2) is 11.6 Å². The van der Waals surface area contributed by atoms with E-state index >= 15 is 0 Å². The molecule has 0 heterocycles. The summed E-state index contributed by atoms with van der Waals surface area (Å²) in [7, 11) is 3.85. The van der Waals surface area contributed by atoms with Gasteiger partial charge in [0.25, 0.3) is 0 Å². The van der Waals surface area contributed by atoms with Crippen molar-refractivity contribution in [3.8, 4) is 6.07 Å². The van der Waals surface area contributed by atoms with Crippen LogP contribution in [0.4, 0.5) is 0 Å². The summed E-state index contributed by atoms with van der Waals surface area (Å²) in [5, 5.41) is 18.4. The number of hydrogen-bond donors (Lipinski definition) is 1. The van der Waals surface area contributed by atoms with Crippen LogP contribution >= 0.6 is 0 Å². The fourth-order valence-corrected chi connectivity index (χ4v) is 0.873. The molecule has 0 aromatic rings. The summed E-state index contributed by atoms with van der Waals surface area (Å²) in [6.45, 7) is 4.48. The van der Waals surface area contributed by atoms with Crippen molar-refractivity contribution in [1.29, 1.82) is 5.26 Å². The highest BCUT2D eigenvalue weighted by atomic mass is 16.3. The highest BCUT2D eigenvalue weighted by molar-refractivity contribution is 5.25. The molecule has 0 aromatic heterocycles. The summed E-state index contributed by atoms with van der Waals surface area (Å²) in [6.07, 6.45) is 1.13. The monoisotopic (exact) mass is 182 g/mol. The average molecular weight is 182 g/mol. The van der Waals surface area contributed by atoms with Gasteiger partial charge in [0.15, 0.2) is 0 Å². The van der Waals surface area contributed by atoms with E-state index in [2.05, 4.69) is 0 Å². The van der Waals surface area contributed by atoms with E-state index in [1.807, 2.05) is 38.9 Å². The van der Waals surface area contributed by atoms with Crippen molar-refractivity contribution in [3.63, 3.8) is 0 Å². The predicted molar refractivity (Wildman–Crippen MR) is 53.1 cm³/mol. The minimum absolute atomic E-state index is 0.0908. The Hall–Kier alpha value is -0.850. The Morgan fingerprint density at radius 2 is 2.08 bits per heavy atom. The molecule has 13 heavy (non-hydrogen) atoms. The molecular weight excluding hydrogens is 164 g/mol. The van der Waals surface area contributed by atoms with E-state index in [0.29, 0.717) is 12.1 Å². The summed E-state index contributed by atoms with van der Waals surface area (Å²) >= 11 is 0. The molecule has 74 valence electrons. The number of nitrogens with zero attached hydrogens (tertiary/aromatic N) is 2. The first-order chi connectivity index (χ1) is 5.99. The number of aliphatic hydroxyl groups excluding tert-OH is 1. The zero-order valence-electron chi connectivity index (χ0n) is 8.78. The standard InChI is InChI=1S/C10H18N2O/c1-8(2)10(13)9(7-11)5-6-12(3)4/h5,8,10,13H,6H2,1-4H3/b9-5+. The van der Waals surface area contributed by atoms with Crippen LogP contribution < -0.4 is 0 Å². The second-order valence-corrected chi connectivity index (χ2v) is 3.72. The molecule has 0 spiro atoms. The van der Waals surface area contributed by atoms with E-state index < -0.39 is 6.10 Å². The van der Waals surface area contributed by atoms with Gasteiger partial charge in [-0.3, -0.25) is 0 Å². The second-order valence-electron chi connectivity index (χ2n) is 3.72. The molecule has 1 N–H and O–H groups in total. The van der Waals surface area contributed by atoms with Gasteiger partial charge >= 0.3 is 0 Å². The Bertz CT molecular complexity index is 213. The van der Waals surface area contributed by atoms with E-state index in [-0.39, 0.29) is 5.92 Å². The molecular formula is C10H18N2O. The summed E-state index contributed by atoms with van der Waals surface area (Å²) in [5.41, 5.74) is 0.462. The van der Waals surface area contributed by atoms with Crippen LogP contribution in [0.25, 0.3) is 0 Å². The summed E-state index contributed by atoms with van der Waals surface area (Å²) in [6, 6.07) is 2.02. The van der Waals surface area contributed by atoms with Gasteiger partial charge < -0.3 is 10.0 Å². The largest absolute Gasteiger partial charge is 0.387 e. The number of likely N-dealkylation sites (N-methyl/N-ethyl adjacent to an activating group) is 1. The highest BCUT2D eigenvalue weighted by Crippen LogP contribution is 2.10. The Morgan fingerprint density at radius 3 is 2.38 bits per heavy atom. The van der Waals surface area contributed by atoms with Crippen molar-refractivity contribution in [2.45, 2.75) is 20.0 Å². The predicted octanol–water partition coefficient (Wildman–Crippen LogP) is 1.01. The van der Waals surface area contributed by atoms with Gasteiger partial charge in [0.05, 0.1) is 17.7 Å². The molecule has 0 saturated heterocycles. The first-order valence-electron chi connectivity index (χ1n) is 4.42. The van der Waals surface area contributed by atoms with Gasteiger partial charge in [0, 0.05) is 6.54 Å². The Kier molecular flexibility index (Phi) is 5.36. The van der Waals surface area contributed by atoms with Gasteiger partial charge in [-0.25, -0.2) is 0 Å². The number of nitriles is 1. The SMILES string of the molecule is CC(C)C(O)/C(C#N)=C/CN(C)C. The molecule has 0 aliphatic carbocycles. The Labute approximate surface area is 80.3 Å². The van der Waals surface area contributed by atoms with Gasteiger partial charge in [-0.15, -0.1) is 0 Å². The van der Waals surface area contributed by atoms with Gasteiger partial charge in [-0.1, -0.05) is 19.9 Å². The summed E-state index contributed by atoms with van der Waals surface area (Å²) < 4.78 is 0. The second kappa shape index (κ2) is 5.74. The van der Waals surface area contributed by atoms with Crippen molar-refractivity contribution in [2.24, 2.45) is 5.92 Å². The van der Waals surface area contributed by atoms with Gasteiger partial charge in [0.1, 0.15) is 0 Å². The minimum atomic E-state index is -0.634. The van der Waals surface area contributed by atoms with Crippen LogP contribution in [0, 0.1) is 17.2 Å². The number of aliphatic hydroxyl groups is 1. The molecule has 3 nitrogen and oxygen atoms in total. The molecule has 3 heteroatoms. The van der Waals surface area contributed by atoms with E-state index in [1.54, 1.807) is 6.08 Å². The number of hydrogen-bond acceptors (Lipinski definition) is 3. The molecule has 0 aliphatic rings. The van der Waals surface area contributed by atoms with Crippen molar-refractivity contribution in [2.75, 3.05) is 20.6 Å². The maximum atomic E-state index is 9.59. The molecule has 1 atom stereocenters. The topological polar surface area (TPSA) is 47.3 Å². The van der Waals surface area contributed by atoms with Crippen LogP contribution in [0.1, 0.15) is 13.8 Å². The van der Waals surface area contributed by atoms with Gasteiger partial charge in [-0.05, 0) is 20.0 Å². The Morgan fingerprint density at radius 1 is 1.54 bits per heavy atom. The molecule has 0 amide bonds. The Balaban J connectivity index is 4.34. The maximum absolute atomic E-state index is 9.59. The zero-order valence-corrected chi connectivity index (χ0v) is 8.78. The van der Waals surface area contributed by atoms with E-state index in [9.17, 15) is 5.11 Å². The van der Waals surface area contributed by atoms with Crippen LogP contribution in [-0.2, 0) is 0 Å². The smallest absolute Gasteiger partial charge is 0.0971 e.